The highest BCUT2D eigenvalue weighted by Crippen LogP contribution is 2.22. The maximum absolute atomic E-state index is 12.8. The van der Waals surface area contributed by atoms with Crippen LogP contribution >= 0.6 is 0 Å². The van der Waals surface area contributed by atoms with Gasteiger partial charge in [-0.15, -0.1) is 0 Å². The van der Waals surface area contributed by atoms with E-state index >= 15 is 0 Å². The fraction of sp³-hybridized carbons (Fsp3) is 0.400. The zero-order valence-electron chi connectivity index (χ0n) is 16.5. The summed E-state index contributed by atoms with van der Waals surface area (Å²) in [6.45, 7) is 7.53. The van der Waals surface area contributed by atoms with Crippen LogP contribution in [0.3, 0.4) is 0 Å². The van der Waals surface area contributed by atoms with Crippen LogP contribution in [-0.2, 0) is 16.8 Å². The first kappa shape index (κ1) is 19.6. The van der Waals surface area contributed by atoms with Gasteiger partial charge in [0, 0.05) is 6.20 Å². The maximum Gasteiger partial charge on any atom is 0.344 e. The number of nitrogens with one attached hydrogen (secondary N) is 2. The van der Waals surface area contributed by atoms with Gasteiger partial charge >= 0.3 is 6.03 Å². The molecule has 4 amide bonds. The fourth-order valence-corrected chi connectivity index (χ4v) is 2.97. The number of carbonyl (C=O) groups excluding carboxylic acids is 3. The predicted octanol–water partition coefficient (Wildman–Crippen LogP) is 2.23. The number of aromatic nitrogens is 2. The van der Waals surface area contributed by atoms with Crippen molar-refractivity contribution in [1.82, 2.24) is 25.5 Å². The molecule has 1 aliphatic heterocycles. The van der Waals surface area contributed by atoms with Gasteiger partial charge in [0.25, 0.3) is 11.8 Å². The van der Waals surface area contributed by atoms with E-state index in [4.69, 9.17) is 0 Å². The zero-order valence-corrected chi connectivity index (χ0v) is 16.5. The molecule has 0 radical (unpaired) electrons. The van der Waals surface area contributed by atoms with E-state index < -0.39 is 23.4 Å². The lowest BCUT2D eigenvalue weighted by molar-refractivity contribution is -0.132. The Kier molecular flexibility index (Phi) is 4.97. The van der Waals surface area contributed by atoms with E-state index in [9.17, 15) is 14.4 Å². The molecule has 2 heterocycles. The molecule has 0 aliphatic carbocycles. The van der Waals surface area contributed by atoms with E-state index in [0.717, 1.165) is 10.6 Å². The van der Waals surface area contributed by atoms with Crippen molar-refractivity contribution in [3.63, 3.8) is 0 Å². The van der Waals surface area contributed by atoms with E-state index in [1.54, 1.807) is 17.8 Å². The highest BCUT2D eigenvalue weighted by atomic mass is 16.2. The summed E-state index contributed by atoms with van der Waals surface area (Å²) in [7, 11) is 0. The van der Waals surface area contributed by atoms with E-state index in [1.807, 2.05) is 51.1 Å². The van der Waals surface area contributed by atoms with Crippen LogP contribution in [0, 0.1) is 0 Å². The predicted molar refractivity (Wildman–Crippen MR) is 103 cm³/mol. The van der Waals surface area contributed by atoms with Crippen molar-refractivity contribution >= 4 is 17.8 Å². The van der Waals surface area contributed by atoms with Gasteiger partial charge in [0.1, 0.15) is 5.54 Å². The van der Waals surface area contributed by atoms with Crippen molar-refractivity contribution in [3.05, 3.63) is 53.9 Å². The third kappa shape index (κ3) is 3.90. The van der Waals surface area contributed by atoms with Gasteiger partial charge in [-0.05, 0) is 46.1 Å². The molecular formula is C20H25N5O3. The first-order valence-electron chi connectivity index (χ1n) is 9.17. The minimum Gasteiger partial charge on any atom is -0.322 e. The molecule has 8 nitrogen and oxygen atoms in total. The third-order valence-corrected chi connectivity index (χ3v) is 4.76. The first-order valence-corrected chi connectivity index (χ1v) is 9.17. The number of rotatable bonds is 5. The van der Waals surface area contributed by atoms with Crippen LogP contribution in [0.2, 0.25) is 0 Å². The molecular weight excluding hydrogens is 358 g/mol. The van der Waals surface area contributed by atoms with Crippen LogP contribution in [-0.4, -0.2) is 38.2 Å². The molecule has 148 valence electrons. The molecule has 1 aromatic heterocycles. The molecule has 0 bridgehead atoms. The number of nitrogens with zero attached hydrogens (tertiary/aromatic N) is 3. The van der Waals surface area contributed by atoms with Gasteiger partial charge in [-0.2, -0.15) is 10.1 Å². The van der Waals surface area contributed by atoms with Crippen molar-refractivity contribution < 1.29 is 14.4 Å². The number of hydrazine groups is 1. The Morgan fingerprint density at radius 2 is 1.89 bits per heavy atom. The number of urea groups is 1. The number of hydrogen-bond donors (Lipinski definition) is 2. The quantitative estimate of drug-likeness (QED) is 0.774. The second-order valence-electron chi connectivity index (χ2n) is 8.17. The number of imide groups is 1. The SMILES string of the molecule is CC1(CCc2ccccc2)NC(=O)N(NC(=O)c2cnn(C(C)(C)C)c2)C1=O. The van der Waals surface area contributed by atoms with Crippen molar-refractivity contribution in [2.45, 2.75) is 51.6 Å². The van der Waals surface area contributed by atoms with Crippen LogP contribution in [0.25, 0.3) is 0 Å². The van der Waals surface area contributed by atoms with E-state index in [-0.39, 0.29) is 11.1 Å². The van der Waals surface area contributed by atoms with E-state index in [0.29, 0.717) is 12.8 Å². The molecule has 1 fully saturated rings. The minimum absolute atomic E-state index is 0.272. The molecule has 2 N–H and O–H groups in total. The van der Waals surface area contributed by atoms with Crippen LogP contribution in [0.4, 0.5) is 4.79 Å². The minimum atomic E-state index is -1.07. The lowest BCUT2D eigenvalue weighted by Gasteiger charge is -2.21. The Bertz CT molecular complexity index is 900. The largest absolute Gasteiger partial charge is 0.344 e. The van der Waals surface area contributed by atoms with Crippen molar-refractivity contribution in [2.24, 2.45) is 0 Å². The summed E-state index contributed by atoms with van der Waals surface area (Å²) in [5, 5.41) is 7.60. The van der Waals surface area contributed by atoms with Gasteiger partial charge in [-0.3, -0.25) is 19.7 Å². The molecule has 1 saturated heterocycles. The maximum atomic E-state index is 12.8. The summed E-state index contributed by atoms with van der Waals surface area (Å²) >= 11 is 0. The van der Waals surface area contributed by atoms with Gasteiger partial charge in [0.2, 0.25) is 0 Å². The molecule has 8 heteroatoms. The van der Waals surface area contributed by atoms with Crippen LogP contribution in [0.1, 0.15) is 50.0 Å². The smallest absolute Gasteiger partial charge is 0.322 e. The van der Waals surface area contributed by atoms with Gasteiger partial charge in [0.05, 0.1) is 17.3 Å². The normalized spacial score (nSPS) is 19.6. The molecule has 1 aliphatic rings. The van der Waals surface area contributed by atoms with Gasteiger partial charge in [0.15, 0.2) is 0 Å². The van der Waals surface area contributed by atoms with Crippen molar-refractivity contribution in [1.29, 1.82) is 0 Å². The average molecular weight is 383 g/mol. The summed E-state index contributed by atoms with van der Waals surface area (Å²) in [6, 6.07) is 9.08. The van der Waals surface area contributed by atoms with Crippen LogP contribution in [0.5, 0.6) is 0 Å². The number of hydrogen-bond acceptors (Lipinski definition) is 4. The Hall–Kier alpha value is -3.16. The van der Waals surface area contributed by atoms with E-state index in [2.05, 4.69) is 15.8 Å². The molecule has 1 unspecified atom stereocenters. The Morgan fingerprint density at radius 1 is 1.21 bits per heavy atom. The first-order chi connectivity index (χ1) is 13.1. The number of benzene rings is 1. The summed E-state index contributed by atoms with van der Waals surface area (Å²) in [5.74, 6) is -1.05. The molecule has 3 rings (SSSR count). The average Bonchev–Trinajstić information content (AvgIpc) is 3.21. The summed E-state index contributed by atoms with van der Waals surface area (Å²) in [4.78, 5) is 37.6. The van der Waals surface area contributed by atoms with Gasteiger partial charge < -0.3 is 5.32 Å². The Labute approximate surface area is 163 Å². The molecule has 28 heavy (non-hydrogen) atoms. The van der Waals surface area contributed by atoms with Crippen LogP contribution < -0.4 is 10.7 Å². The second kappa shape index (κ2) is 7.10. The topological polar surface area (TPSA) is 96.3 Å². The lowest BCUT2D eigenvalue weighted by atomic mass is 9.93. The van der Waals surface area contributed by atoms with Gasteiger partial charge in [-0.25, -0.2) is 4.79 Å². The summed E-state index contributed by atoms with van der Waals surface area (Å²) < 4.78 is 1.65. The number of carbonyl (C=O) groups is 3. The standard InChI is InChI=1S/C20H25N5O3/c1-19(2,3)24-13-15(12-21-24)16(26)23-25-17(27)20(4,22-18(25)28)11-10-14-8-6-5-7-9-14/h5-9,12-13H,10-11H2,1-4H3,(H,22,28)(H,23,26). The summed E-state index contributed by atoms with van der Waals surface area (Å²) in [6.07, 6.45) is 4.05. The molecule has 2 aromatic rings. The fourth-order valence-electron chi connectivity index (χ4n) is 2.97. The van der Waals surface area contributed by atoms with Gasteiger partial charge in [-0.1, -0.05) is 30.3 Å². The highest BCUT2D eigenvalue weighted by molar-refractivity contribution is 6.09. The second-order valence-corrected chi connectivity index (χ2v) is 8.17. The number of amides is 4. The molecule has 1 atom stereocenters. The molecule has 0 saturated carbocycles. The molecule has 0 spiro atoms. The molecule has 1 aromatic carbocycles. The monoisotopic (exact) mass is 383 g/mol. The van der Waals surface area contributed by atoms with Crippen molar-refractivity contribution in [2.75, 3.05) is 0 Å². The number of aryl methyl sites for hydroxylation is 1. The lowest BCUT2D eigenvalue weighted by Crippen LogP contribution is -2.48. The van der Waals surface area contributed by atoms with Crippen LogP contribution in [0.15, 0.2) is 42.7 Å². The Morgan fingerprint density at radius 3 is 2.50 bits per heavy atom. The summed E-state index contributed by atoms with van der Waals surface area (Å²) in [5.41, 5.74) is 2.38. The Balaban J connectivity index is 1.67. The van der Waals surface area contributed by atoms with E-state index in [1.165, 1.54) is 6.20 Å². The third-order valence-electron chi connectivity index (χ3n) is 4.76. The zero-order chi connectivity index (χ0) is 20.5. The van der Waals surface area contributed by atoms with Crippen molar-refractivity contribution in [3.8, 4) is 0 Å². The highest BCUT2D eigenvalue weighted by Gasteiger charge is 2.48.